The van der Waals surface area contributed by atoms with Gasteiger partial charge >= 0.3 is 0 Å². The van der Waals surface area contributed by atoms with Gasteiger partial charge in [0.15, 0.2) is 9.84 Å². The predicted octanol–water partition coefficient (Wildman–Crippen LogP) is 1.31. The molecule has 1 aliphatic heterocycles. The van der Waals surface area contributed by atoms with Gasteiger partial charge in [-0.15, -0.1) is 0 Å². The van der Waals surface area contributed by atoms with Crippen molar-refractivity contribution in [1.82, 2.24) is 0 Å². The monoisotopic (exact) mass is 286 g/mol. The number of anilines is 2. The lowest BCUT2D eigenvalue weighted by Gasteiger charge is -2.21. The Morgan fingerprint density at radius 1 is 1.37 bits per heavy atom. The fraction of sp³-hybridized carbons (Fsp3) is 0.417. The topological polar surface area (TPSA) is 89.3 Å². The second-order valence-corrected chi connectivity index (χ2v) is 6.88. The van der Waals surface area contributed by atoms with Gasteiger partial charge in [-0.3, -0.25) is 4.79 Å². The molecule has 7 heteroatoms. The second-order valence-electron chi connectivity index (χ2n) is 4.57. The van der Waals surface area contributed by atoms with E-state index < -0.39 is 26.8 Å². The van der Waals surface area contributed by atoms with Gasteiger partial charge in [0.2, 0.25) is 5.91 Å². The third kappa shape index (κ3) is 3.04. The molecule has 0 aromatic heterocycles. The molecule has 0 bridgehead atoms. The third-order valence-corrected chi connectivity index (χ3v) is 5.32. The van der Waals surface area contributed by atoms with Gasteiger partial charge in [0.1, 0.15) is 11.1 Å². The summed E-state index contributed by atoms with van der Waals surface area (Å²) in [6.45, 7) is 0. The van der Waals surface area contributed by atoms with Crippen LogP contribution in [0.3, 0.4) is 0 Å². The van der Waals surface area contributed by atoms with E-state index in [1.165, 1.54) is 6.07 Å². The van der Waals surface area contributed by atoms with Crippen molar-refractivity contribution >= 4 is 27.1 Å². The number of benzene rings is 1. The van der Waals surface area contributed by atoms with Gasteiger partial charge in [-0.25, -0.2) is 12.8 Å². The Balaban J connectivity index is 2.17. The Labute approximate surface area is 110 Å². The maximum Gasteiger partial charge on any atom is 0.242 e. The van der Waals surface area contributed by atoms with E-state index >= 15 is 0 Å². The highest BCUT2D eigenvalue weighted by atomic mass is 32.2. The number of sulfone groups is 1. The van der Waals surface area contributed by atoms with Crippen LogP contribution in [-0.2, 0) is 14.6 Å². The van der Waals surface area contributed by atoms with Crippen molar-refractivity contribution in [2.75, 3.05) is 16.8 Å². The number of nitrogens with one attached hydrogen (secondary N) is 1. The summed E-state index contributed by atoms with van der Waals surface area (Å²) in [7, 11) is -3.39. The van der Waals surface area contributed by atoms with Gasteiger partial charge in [-0.1, -0.05) is 6.42 Å². The molecule has 1 atom stereocenters. The van der Waals surface area contributed by atoms with Crippen molar-refractivity contribution in [1.29, 1.82) is 0 Å². The first kappa shape index (κ1) is 13.8. The molecule has 3 N–H and O–H groups in total. The van der Waals surface area contributed by atoms with E-state index in [-0.39, 0.29) is 17.1 Å². The number of hydrogen-bond donors (Lipinski definition) is 2. The minimum Gasteiger partial charge on any atom is -0.397 e. The molecule has 19 heavy (non-hydrogen) atoms. The van der Waals surface area contributed by atoms with Crippen LogP contribution in [-0.4, -0.2) is 25.3 Å². The van der Waals surface area contributed by atoms with Crippen molar-refractivity contribution in [2.24, 2.45) is 0 Å². The van der Waals surface area contributed by atoms with Gasteiger partial charge in [0, 0.05) is 0 Å². The zero-order chi connectivity index (χ0) is 14.0. The SMILES string of the molecule is Nc1cc(F)ccc1NC(=O)C1CCCCS1(=O)=O. The van der Waals surface area contributed by atoms with Crippen molar-refractivity contribution in [3.8, 4) is 0 Å². The molecule has 1 aliphatic rings. The molecule has 0 spiro atoms. The zero-order valence-corrected chi connectivity index (χ0v) is 11.0. The van der Waals surface area contributed by atoms with Crippen LogP contribution >= 0.6 is 0 Å². The first-order valence-corrected chi connectivity index (χ1v) is 7.69. The molecular formula is C12H15FN2O3S. The van der Waals surface area contributed by atoms with E-state index in [1.807, 2.05) is 0 Å². The minimum atomic E-state index is -3.39. The maximum atomic E-state index is 12.9. The number of carbonyl (C=O) groups excluding carboxylic acids is 1. The van der Waals surface area contributed by atoms with Gasteiger partial charge in [-0.05, 0) is 31.0 Å². The van der Waals surface area contributed by atoms with E-state index in [0.29, 0.717) is 19.3 Å². The van der Waals surface area contributed by atoms with Crippen LogP contribution in [0.5, 0.6) is 0 Å². The Bertz CT molecular complexity index is 601. The lowest BCUT2D eigenvalue weighted by Crippen LogP contribution is -2.39. The average molecular weight is 286 g/mol. The molecule has 1 unspecified atom stereocenters. The Morgan fingerprint density at radius 2 is 2.11 bits per heavy atom. The van der Waals surface area contributed by atoms with E-state index in [9.17, 15) is 17.6 Å². The third-order valence-electron chi connectivity index (χ3n) is 3.14. The summed E-state index contributed by atoms with van der Waals surface area (Å²) in [6.07, 6.45) is 1.61. The van der Waals surface area contributed by atoms with Crippen LogP contribution in [0.1, 0.15) is 19.3 Å². The van der Waals surface area contributed by atoms with Crippen LogP contribution in [0.15, 0.2) is 18.2 Å². The molecule has 2 rings (SSSR count). The lowest BCUT2D eigenvalue weighted by molar-refractivity contribution is -0.116. The van der Waals surface area contributed by atoms with Crippen molar-refractivity contribution in [2.45, 2.75) is 24.5 Å². The molecule has 5 nitrogen and oxygen atoms in total. The molecule has 0 saturated carbocycles. The standard InChI is InChI=1S/C12H15FN2O3S/c13-8-4-5-10(9(14)7-8)15-12(16)11-3-1-2-6-19(11,17)18/h4-5,7,11H,1-3,6,14H2,(H,15,16). The zero-order valence-electron chi connectivity index (χ0n) is 10.2. The second kappa shape index (κ2) is 5.16. The summed E-state index contributed by atoms with van der Waals surface area (Å²) in [6, 6.07) is 3.55. The van der Waals surface area contributed by atoms with Gasteiger partial charge in [-0.2, -0.15) is 0 Å². The molecular weight excluding hydrogens is 271 g/mol. The number of nitrogens with two attached hydrogens (primary N) is 1. The summed E-state index contributed by atoms with van der Waals surface area (Å²) in [5.74, 6) is -1.08. The van der Waals surface area contributed by atoms with Gasteiger partial charge in [0.25, 0.3) is 0 Å². The summed E-state index contributed by atoms with van der Waals surface area (Å²) in [5.41, 5.74) is 5.86. The van der Waals surface area contributed by atoms with Gasteiger partial charge in [0.05, 0.1) is 17.1 Å². The molecule has 104 valence electrons. The summed E-state index contributed by atoms with van der Waals surface area (Å²) >= 11 is 0. The number of hydrogen-bond acceptors (Lipinski definition) is 4. The number of nitrogen functional groups attached to an aromatic ring is 1. The first-order valence-electron chi connectivity index (χ1n) is 5.97. The number of rotatable bonds is 2. The number of amides is 1. The Kier molecular flexibility index (Phi) is 3.75. The Morgan fingerprint density at radius 3 is 2.74 bits per heavy atom. The van der Waals surface area contributed by atoms with Crippen LogP contribution < -0.4 is 11.1 Å². The first-order chi connectivity index (χ1) is 8.90. The van der Waals surface area contributed by atoms with E-state index in [4.69, 9.17) is 5.73 Å². The van der Waals surface area contributed by atoms with Gasteiger partial charge < -0.3 is 11.1 Å². The normalized spacial score (nSPS) is 21.8. The van der Waals surface area contributed by atoms with E-state index in [0.717, 1.165) is 12.1 Å². The predicted molar refractivity (Wildman–Crippen MR) is 70.9 cm³/mol. The molecule has 1 amide bonds. The smallest absolute Gasteiger partial charge is 0.242 e. The molecule has 1 aromatic rings. The summed E-state index contributed by atoms with van der Waals surface area (Å²) < 4.78 is 36.5. The number of carbonyl (C=O) groups is 1. The highest BCUT2D eigenvalue weighted by Crippen LogP contribution is 2.23. The fourth-order valence-electron chi connectivity index (χ4n) is 2.11. The Hall–Kier alpha value is -1.63. The van der Waals surface area contributed by atoms with Crippen LogP contribution in [0, 0.1) is 5.82 Å². The average Bonchev–Trinajstić information content (AvgIpc) is 2.32. The van der Waals surface area contributed by atoms with Crippen LogP contribution in [0.2, 0.25) is 0 Å². The molecule has 1 aromatic carbocycles. The van der Waals surface area contributed by atoms with E-state index in [1.54, 1.807) is 0 Å². The van der Waals surface area contributed by atoms with Crippen LogP contribution in [0.4, 0.5) is 15.8 Å². The molecule has 1 fully saturated rings. The lowest BCUT2D eigenvalue weighted by atomic mass is 10.1. The molecule has 1 heterocycles. The van der Waals surface area contributed by atoms with Crippen LogP contribution in [0.25, 0.3) is 0 Å². The van der Waals surface area contributed by atoms with Crippen molar-refractivity contribution < 1.29 is 17.6 Å². The minimum absolute atomic E-state index is 0.0317. The molecule has 1 saturated heterocycles. The van der Waals surface area contributed by atoms with Crippen molar-refractivity contribution in [3.05, 3.63) is 24.0 Å². The highest BCUT2D eigenvalue weighted by Gasteiger charge is 2.34. The highest BCUT2D eigenvalue weighted by molar-refractivity contribution is 7.92. The van der Waals surface area contributed by atoms with E-state index in [2.05, 4.69) is 5.32 Å². The largest absolute Gasteiger partial charge is 0.397 e. The molecule has 0 radical (unpaired) electrons. The molecule has 0 aliphatic carbocycles. The number of halogens is 1. The van der Waals surface area contributed by atoms with Crippen molar-refractivity contribution in [3.63, 3.8) is 0 Å². The summed E-state index contributed by atoms with van der Waals surface area (Å²) in [4.78, 5) is 12.0. The quantitative estimate of drug-likeness (QED) is 0.802. The fourth-order valence-corrected chi connectivity index (χ4v) is 3.91. The summed E-state index contributed by atoms with van der Waals surface area (Å²) in [5, 5.41) is 1.42. The maximum absolute atomic E-state index is 12.9.